The van der Waals surface area contributed by atoms with E-state index in [0.29, 0.717) is 13.2 Å². The molecule has 0 aromatic heterocycles. The van der Waals surface area contributed by atoms with Crippen molar-refractivity contribution in [3.05, 3.63) is 11.9 Å². The number of nitrogens with one attached hydrogen (secondary N) is 1. The highest BCUT2D eigenvalue weighted by Crippen LogP contribution is 1.93. The third kappa shape index (κ3) is 5.69. The molecule has 0 atom stereocenters. The third-order valence-corrected chi connectivity index (χ3v) is 1.74. The van der Waals surface area contributed by atoms with Crippen LogP contribution in [-0.4, -0.2) is 44.0 Å². The number of ether oxygens (including phenoxy) is 1. The molecule has 0 unspecified atom stereocenters. The molecule has 0 saturated heterocycles. The molecule has 0 spiro atoms. The highest BCUT2D eigenvalue weighted by atomic mass is 16.5. The monoisotopic (exact) mass is 215 g/mol. The van der Waals surface area contributed by atoms with Crippen LogP contribution >= 0.6 is 0 Å². The van der Waals surface area contributed by atoms with Gasteiger partial charge in [0.15, 0.2) is 0 Å². The molecule has 0 aliphatic heterocycles. The van der Waals surface area contributed by atoms with Gasteiger partial charge in [0.1, 0.15) is 5.82 Å². The van der Waals surface area contributed by atoms with Gasteiger partial charge in [-0.05, 0) is 0 Å². The molecule has 2 amide bonds. The van der Waals surface area contributed by atoms with Gasteiger partial charge in [-0.15, -0.1) is 0 Å². The molecule has 0 aliphatic rings. The predicted molar refractivity (Wildman–Crippen MR) is 55.6 cm³/mol. The summed E-state index contributed by atoms with van der Waals surface area (Å²) in [5, 5.41) is 2.55. The van der Waals surface area contributed by atoms with Crippen molar-refractivity contribution >= 4 is 11.8 Å². The van der Waals surface area contributed by atoms with E-state index in [1.54, 1.807) is 7.11 Å². The van der Waals surface area contributed by atoms with Crippen molar-refractivity contribution in [2.45, 2.75) is 6.92 Å². The lowest BCUT2D eigenvalue weighted by atomic mass is 10.4. The van der Waals surface area contributed by atoms with Gasteiger partial charge >= 0.3 is 0 Å². The topological polar surface area (TPSA) is 84.7 Å². The quantitative estimate of drug-likeness (QED) is 0.456. The van der Waals surface area contributed by atoms with E-state index in [0.717, 1.165) is 6.08 Å². The highest BCUT2D eigenvalue weighted by molar-refractivity contribution is 5.88. The molecule has 0 heterocycles. The maximum absolute atomic E-state index is 11.2. The number of hydrogen-bond donors (Lipinski definition) is 2. The van der Waals surface area contributed by atoms with Crippen LogP contribution in [0.25, 0.3) is 0 Å². The lowest BCUT2D eigenvalue weighted by molar-refractivity contribution is -0.125. The van der Waals surface area contributed by atoms with Crippen LogP contribution in [0.5, 0.6) is 0 Å². The van der Waals surface area contributed by atoms with Gasteiger partial charge in [-0.1, -0.05) is 0 Å². The molecule has 0 aromatic rings. The van der Waals surface area contributed by atoms with Crippen LogP contribution in [0.4, 0.5) is 0 Å². The van der Waals surface area contributed by atoms with Crippen LogP contribution in [0.1, 0.15) is 6.92 Å². The normalized spacial score (nSPS) is 11.0. The molecule has 0 bridgehead atoms. The first-order chi connectivity index (χ1) is 6.99. The van der Waals surface area contributed by atoms with Gasteiger partial charge in [0, 0.05) is 33.7 Å². The SMILES string of the molecule is COCCNC(=O)/C=C(/N)N(C)C(C)=O. The summed E-state index contributed by atoms with van der Waals surface area (Å²) < 4.78 is 4.75. The number of methoxy groups -OCH3 is 1. The van der Waals surface area contributed by atoms with E-state index in [1.807, 2.05) is 0 Å². The molecule has 3 N–H and O–H groups in total. The molecule has 86 valence electrons. The molecule has 6 heteroatoms. The van der Waals surface area contributed by atoms with E-state index in [9.17, 15) is 9.59 Å². The number of rotatable bonds is 5. The van der Waals surface area contributed by atoms with Crippen molar-refractivity contribution < 1.29 is 14.3 Å². The minimum absolute atomic E-state index is 0.109. The lowest BCUT2D eigenvalue weighted by Crippen LogP contribution is -2.31. The van der Waals surface area contributed by atoms with Crippen molar-refractivity contribution in [1.82, 2.24) is 10.2 Å². The number of carbonyl (C=O) groups excluding carboxylic acids is 2. The van der Waals surface area contributed by atoms with E-state index in [4.69, 9.17) is 10.5 Å². The summed E-state index contributed by atoms with van der Waals surface area (Å²) >= 11 is 0. The van der Waals surface area contributed by atoms with E-state index < -0.39 is 0 Å². The Bertz CT molecular complexity index is 263. The van der Waals surface area contributed by atoms with Gasteiger partial charge in [-0.25, -0.2) is 0 Å². The maximum Gasteiger partial charge on any atom is 0.247 e. The zero-order valence-electron chi connectivity index (χ0n) is 9.24. The van der Waals surface area contributed by atoms with Gasteiger partial charge in [-0.3, -0.25) is 9.59 Å². The fraction of sp³-hybridized carbons (Fsp3) is 0.556. The van der Waals surface area contributed by atoms with E-state index in [-0.39, 0.29) is 17.6 Å². The summed E-state index contributed by atoms with van der Waals surface area (Å²) in [5.41, 5.74) is 5.50. The number of hydrogen-bond acceptors (Lipinski definition) is 4. The van der Waals surface area contributed by atoms with E-state index >= 15 is 0 Å². The van der Waals surface area contributed by atoms with Crippen LogP contribution in [0, 0.1) is 0 Å². The molecule has 0 saturated carbocycles. The minimum atomic E-state index is -0.349. The first-order valence-electron chi connectivity index (χ1n) is 4.47. The van der Waals surface area contributed by atoms with Gasteiger partial charge in [0.25, 0.3) is 0 Å². The summed E-state index contributed by atoms with van der Waals surface area (Å²) in [4.78, 5) is 23.3. The fourth-order valence-corrected chi connectivity index (χ4v) is 0.740. The average Bonchev–Trinajstić information content (AvgIpc) is 2.16. The Morgan fingerprint density at radius 2 is 2.13 bits per heavy atom. The van der Waals surface area contributed by atoms with Crippen molar-refractivity contribution in [3.8, 4) is 0 Å². The number of carbonyl (C=O) groups is 2. The number of amides is 2. The molecule has 0 radical (unpaired) electrons. The Hall–Kier alpha value is -1.56. The van der Waals surface area contributed by atoms with Crippen LogP contribution in [0.3, 0.4) is 0 Å². The second-order valence-electron chi connectivity index (χ2n) is 2.93. The number of nitrogens with two attached hydrogens (primary N) is 1. The molecule has 0 fully saturated rings. The van der Waals surface area contributed by atoms with Gasteiger partial charge in [-0.2, -0.15) is 0 Å². The third-order valence-electron chi connectivity index (χ3n) is 1.74. The second-order valence-corrected chi connectivity index (χ2v) is 2.93. The zero-order valence-corrected chi connectivity index (χ0v) is 9.24. The molecular formula is C9H17N3O3. The predicted octanol–water partition coefficient (Wildman–Crippen LogP) is -0.973. The van der Waals surface area contributed by atoms with E-state index in [2.05, 4.69) is 5.32 Å². The van der Waals surface area contributed by atoms with Gasteiger partial charge in [0.2, 0.25) is 11.8 Å². The maximum atomic E-state index is 11.2. The Morgan fingerprint density at radius 1 is 1.53 bits per heavy atom. The fourth-order valence-electron chi connectivity index (χ4n) is 0.740. The Kier molecular flexibility index (Phi) is 6.12. The first-order valence-corrected chi connectivity index (χ1v) is 4.47. The molecule has 0 aromatic carbocycles. The Morgan fingerprint density at radius 3 is 2.60 bits per heavy atom. The first kappa shape index (κ1) is 13.4. The Balaban J connectivity index is 4.11. The minimum Gasteiger partial charge on any atom is -0.385 e. The van der Waals surface area contributed by atoms with Crippen molar-refractivity contribution in [2.75, 3.05) is 27.3 Å². The average molecular weight is 215 g/mol. The van der Waals surface area contributed by atoms with Crippen LogP contribution in [0.2, 0.25) is 0 Å². The number of nitrogens with zero attached hydrogens (tertiary/aromatic N) is 1. The van der Waals surface area contributed by atoms with Crippen molar-refractivity contribution in [2.24, 2.45) is 5.73 Å². The molecule has 0 aliphatic carbocycles. The van der Waals surface area contributed by atoms with Crippen LogP contribution in [0.15, 0.2) is 11.9 Å². The largest absolute Gasteiger partial charge is 0.385 e. The summed E-state index contributed by atoms with van der Waals surface area (Å²) in [7, 11) is 3.04. The molecule has 6 nitrogen and oxygen atoms in total. The van der Waals surface area contributed by atoms with Crippen LogP contribution < -0.4 is 11.1 Å². The standard InChI is InChI=1S/C9H17N3O3/c1-7(13)12(2)8(10)6-9(14)11-4-5-15-3/h6H,4-5,10H2,1-3H3,(H,11,14)/b8-6-. The van der Waals surface area contributed by atoms with Gasteiger partial charge < -0.3 is 20.7 Å². The van der Waals surface area contributed by atoms with Crippen molar-refractivity contribution in [1.29, 1.82) is 0 Å². The van der Waals surface area contributed by atoms with Crippen LogP contribution in [-0.2, 0) is 14.3 Å². The Labute approximate surface area is 89.1 Å². The molecular weight excluding hydrogens is 198 g/mol. The summed E-state index contributed by atoms with van der Waals surface area (Å²) in [6.07, 6.45) is 1.16. The lowest BCUT2D eigenvalue weighted by Gasteiger charge is -2.14. The second kappa shape index (κ2) is 6.83. The summed E-state index contributed by atoms with van der Waals surface area (Å²) in [6.45, 7) is 2.20. The zero-order chi connectivity index (χ0) is 11.8. The smallest absolute Gasteiger partial charge is 0.247 e. The van der Waals surface area contributed by atoms with Gasteiger partial charge in [0.05, 0.1) is 6.61 Å². The highest BCUT2D eigenvalue weighted by Gasteiger charge is 2.06. The van der Waals surface area contributed by atoms with E-state index in [1.165, 1.54) is 18.9 Å². The summed E-state index contributed by atoms with van der Waals surface area (Å²) in [5.74, 6) is -0.469. The molecule has 0 rings (SSSR count). The van der Waals surface area contributed by atoms with Crippen molar-refractivity contribution in [3.63, 3.8) is 0 Å². The summed E-state index contributed by atoms with van der Waals surface area (Å²) in [6, 6.07) is 0. The molecule has 15 heavy (non-hydrogen) atoms.